The van der Waals surface area contributed by atoms with Crippen molar-refractivity contribution in [2.45, 2.75) is 31.8 Å². The number of rotatable bonds is 4. The highest BCUT2D eigenvalue weighted by Gasteiger charge is 2.55. The van der Waals surface area contributed by atoms with Gasteiger partial charge in [0.1, 0.15) is 20.2 Å². The number of likely N-dealkylation sites (tertiary alicyclic amines) is 1. The third-order valence-electron chi connectivity index (χ3n) is 5.17. The molecule has 1 amide bonds. The molecule has 27 heavy (non-hydrogen) atoms. The van der Waals surface area contributed by atoms with E-state index in [1.165, 1.54) is 4.63 Å². The molecule has 2 atom stereocenters. The van der Waals surface area contributed by atoms with Crippen LogP contribution in [-0.2, 0) is 21.7 Å². The third kappa shape index (κ3) is 3.54. The maximum absolute atomic E-state index is 12.6. The van der Waals surface area contributed by atoms with E-state index in [0.29, 0.717) is 19.7 Å². The molecule has 1 N–H and O–H groups in total. The highest BCUT2D eigenvalue weighted by Crippen LogP contribution is 2.42. The van der Waals surface area contributed by atoms with Gasteiger partial charge in [-0.15, -0.1) is 11.3 Å². The fourth-order valence-corrected chi connectivity index (χ4v) is 6.48. The Hall–Kier alpha value is -1.74. The van der Waals surface area contributed by atoms with Gasteiger partial charge in [-0.05, 0) is 5.56 Å². The second-order valence-corrected chi connectivity index (χ2v) is 14.6. The molecule has 2 fully saturated rings. The normalized spacial score (nSPS) is 24.9. The van der Waals surface area contributed by atoms with Crippen LogP contribution in [0.25, 0.3) is 0 Å². The number of benzene rings is 1. The molecule has 3 heterocycles. The van der Waals surface area contributed by atoms with Crippen molar-refractivity contribution < 1.29 is 14.4 Å². The number of hydrogen-bond acceptors (Lipinski definition) is 6. The van der Waals surface area contributed by atoms with Crippen molar-refractivity contribution in [2.24, 2.45) is 5.92 Å². The zero-order valence-electron chi connectivity index (χ0n) is 15.9. The topological polar surface area (TPSA) is 63.7 Å². The largest absolute Gasteiger partial charge is 0.445 e. The lowest BCUT2D eigenvalue weighted by atomic mass is 9.88. The van der Waals surface area contributed by atoms with Crippen LogP contribution in [0.4, 0.5) is 4.79 Å². The molecule has 0 spiro atoms. The molecule has 2 aliphatic heterocycles. The van der Waals surface area contributed by atoms with E-state index in [-0.39, 0.29) is 24.2 Å². The number of thiazole rings is 1. The first kappa shape index (κ1) is 18.6. The molecule has 8 heteroatoms. The molecular formula is C19H25N3O3SSi. The number of carbonyl (C=O) groups excluding carboxylic acids is 1. The Kier molecular flexibility index (Phi) is 4.83. The van der Waals surface area contributed by atoms with Gasteiger partial charge < -0.3 is 14.5 Å². The summed E-state index contributed by atoms with van der Waals surface area (Å²) in [6, 6.07) is 9.75. The van der Waals surface area contributed by atoms with Gasteiger partial charge in [0.2, 0.25) is 0 Å². The van der Waals surface area contributed by atoms with Gasteiger partial charge in [-0.25, -0.2) is 4.79 Å². The summed E-state index contributed by atoms with van der Waals surface area (Å²) < 4.78 is 6.76. The summed E-state index contributed by atoms with van der Waals surface area (Å²) in [4.78, 5) is 25.8. The lowest BCUT2D eigenvalue weighted by molar-refractivity contribution is 0.0433. The van der Waals surface area contributed by atoms with Gasteiger partial charge in [0.05, 0.1) is 11.2 Å². The van der Waals surface area contributed by atoms with Gasteiger partial charge in [0.15, 0.2) is 0 Å². The molecule has 1 unspecified atom stereocenters. The van der Waals surface area contributed by atoms with Crippen molar-refractivity contribution in [1.29, 1.82) is 0 Å². The number of hydroxylamine groups is 1. The minimum absolute atomic E-state index is 0.205. The Morgan fingerprint density at radius 3 is 2.89 bits per heavy atom. The monoisotopic (exact) mass is 403 g/mol. The van der Waals surface area contributed by atoms with Crippen LogP contribution in [0.2, 0.25) is 19.6 Å². The second kappa shape index (κ2) is 7.01. The summed E-state index contributed by atoms with van der Waals surface area (Å²) in [7, 11) is -1.47. The van der Waals surface area contributed by atoms with Crippen molar-refractivity contribution in [2.75, 3.05) is 19.7 Å². The SMILES string of the molecule is C[Si](C)(C)c1ncc(C23CN(C(=O)OCc4ccccc4)C[C@@H]2CON3)s1. The van der Waals surface area contributed by atoms with E-state index in [1.807, 2.05) is 36.5 Å². The average Bonchev–Trinajstić information content (AvgIpc) is 3.33. The molecule has 0 radical (unpaired) electrons. The molecule has 0 bridgehead atoms. The van der Waals surface area contributed by atoms with E-state index < -0.39 is 8.07 Å². The van der Waals surface area contributed by atoms with E-state index in [2.05, 4.69) is 30.1 Å². The molecule has 6 nitrogen and oxygen atoms in total. The molecule has 144 valence electrons. The second-order valence-electron chi connectivity index (χ2n) is 8.28. The van der Waals surface area contributed by atoms with E-state index in [0.717, 1.165) is 10.4 Å². The summed E-state index contributed by atoms with van der Waals surface area (Å²) in [6.45, 7) is 8.93. The first-order valence-corrected chi connectivity index (χ1v) is 13.5. The van der Waals surface area contributed by atoms with Crippen LogP contribution in [0.15, 0.2) is 36.5 Å². The lowest BCUT2D eigenvalue weighted by Crippen LogP contribution is -2.43. The summed E-state index contributed by atoms with van der Waals surface area (Å²) in [5, 5.41) is 0. The minimum Gasteiger partial charge on any atom is -0.445 e. The van der Waals surface area contributed by atoms with Gasteiger partial charge >= 0.3 is 6.09 Å². The summed E-state index contributed by atoms with van der Waals surface area (Å²) >= 11 is 1.76. The van der Waals surface area contributed by atoms with Gasteiger partial charge in [-0.3, -0.25) is 4.98 Å². The van der Waals surface area contributed by atoms with Crippen LogP contribution in [0.5, 0.6) is 0 Å². The minimum atomic E-state index is -1.47. The average molecular weight is 404 g/mol. The van der Waals surface area contributed by atoms with Crippen LogP contribution >= 0.6 is 11.3 Å². The first-order valence-electron chi connectivity index (χ1n) is 9.20. The van der Waals surface area contributed by atoms with Gasteiger partial charge in [-0.2, -0.15) is 5.48 Å². The number of fused-ring (bicyclic) bond motifs is 1. The molecule has 2 aromatic rings. The fraction of sp³-hybridized carbons (Fsp3) is 0.474. The van der Waals surface area contributed by atoms with Crippen LogP contribution in [-0.4, -0.2) is 43.7 Å². The Labute approximate surface area is 164 Å². The number of nitrogens with zero attached hydrogens (tertiary/aromatic N) is 2. The van der Waals surface area contributed by atoms with Crippen LogP contribution in [0.1, 0.15) is 10.4 Å². The fourth-order valence-electron chi connectivity index (χ4n) is 3.60. The highest BCUT2D eigenvalue weighted by atomic mass is 32.1. The van der Waals surface area contributed by atoms with Crippen LogP contribution in [0, 0.1) is 5.92 Å². The molecule has 0 aliphatic carbocycles. The number of amides is 1. The van der Waals surface area contributed by atoms with Crippen molar-refractivity contribution >= 4 is 30.1 Å². The summed E-state index contributed by atoms with van der Waals surface area (Å²) in [5.74, 6) is 0.205. The Morgan fingerprint density at radius 1 is 1.41 bits per heavy atom. The molecule has 1 aromatic heterocycles. The number of ether oxygens (including phenoxy) is 1. The maximum atomic E-state index is 12.6. The van der Waals surface area contributed by atoms with Crippen LogP contribution < -0.4 is 10.1 Å². The quantitative estimate of drug-likeness (QED) is 0.795. The van der Waals surface area contributed by atoms with Gasteiger partial charge in [0.25, 0.3) is 0 Å². The molecule has 1 aromatic carbocycles. The third-order valence-corrected chi connectivity index (χ3v) is 9.71. The number of carbonyl (C=O) groups is 1. The first-order chi connectivity index (χ1) is 12.9. The van der Waals surface area contributed by atoms with Gasteiger partial charge in [-0.1, -0.05) is 50.0 Å². The van der Waals surface area contributed by atoms with E-state index in [1.54, 1.807) is 16.2 Å². The standard InChI is InChI=1S/C19H25N3O3SSi/c1-27(2,3)17-20-9-16(26-17)19-13-22(10-15(19)12-25-21-19)18(23)24-11-14-7-5-4-6-8-14/h4-9,15,21H,10-13H2,1-3H3/t15-,19?/m1/s1. The van der Waals surface area contributed by atoms with E-state index in [9.17, 15) is 4.79 Å². The predicted octanol–water partition coefficient (Wildman–Crippen LogP) is 2.69. The van der Waals surface area contributed by atoms with Crippen molar-refractivity contribution in [1.82, 2.24) is 15.4 Å². The smallest absolute Gasteiger partial charge is 0.410 e. The number of nitrogens with one attached hydrogen (secondary N) is 1. The van der Waals surface area contributed by atoms with Crippen LogP contribution in [0.3, 0.4) is 0 Å². The molecule has 4 rings (SSSR count). The van der Waals surface area contributed by atoms with Crippen molar-refractivity contribution in [3.63, 3.8) is 0 Å². The molecule has 2 saturated heterocycles. The number of hydrogen-bond donors (Lipinski definition) is 1. The molecule has 0 saturated carbocycles. The van der Waals surface area contributed by atoms with Crippen molar-refractivity contribution in [3.05, 3.63) is 47.0 Å². The van der Waals surface area contributed by atoms with Gasteiger partial charge in [0, 0.05) is 30.1 Å². The maximum Gasteiger partial charge on any atom is 0.410 e. The highest BCUT2D eigenvalue weighted by molar-refractivity contribution is 7.25. The Bertz CT molecular complexity index is 823. The summed E-state index contributed by atoms with van der Waals surface area (Å²) in [6.07, 6.45) is 1.69. The zero-order chi connectivity index (χ0) is 19.1. The zero-order valence-corrected chi connectivity index (χ0v) is 17.7. The number of aromatic nitrogens is 1. The Balaban J connectivity index is 1.48. The molecular weight excluding hydrogens is 378 g/mol. The molecule has 2 aliphatic rings. The summed E-state index contributed by atoms with van der Waals surface area (Å²) in [5.41, 5.74) is 3.82. The van der Waals surface area contributed by atoms with Crippen molar-refractivity contribution in [3.8, 4) is 0 Å². The Morgan fingerprint density at radius 2 is 2.19 bits per heavy atom. The van der Waals surface area contributed by atoms with E-state index >= 15 is 0 Å². The predicted molar refractivity (Wildman–Crippen MR) is 108 cm³/mol. The van der Waals surface area contributed by atoms with E-state index in [4.69, 9.17) is 9.57 Å². The lowest BCUT2D eigenvalue weighted by Gasteiger charge is -2.25.